The highest BCUT2D eigenvalue weighted by atomic mass is 32.2. The Balaban J connectivity index is 1.87. The molecule has 0 bridgehead atoms. The molecule has 0 spiro atoms. The highest BCUT2D eigenvalue weighted by Crippen LogP contribution is 2.30. The van der Waals surface area contributed by atoms with E-state index in [0.29, 0.717) is 18.7 Å². The van der Waals surface area contributed by atoms with Gasteiger partial charge in [-0.1, -0.05) is 6.07 Å². The number of hydrogen-bond donors (Lipinski definition) is 1. The summed E-state index contributed by atoms with van der Waals surface area (Å²) in [5.74, 6) is -0.176. The van der Waals surface area contributed by atoms with Gasteiger partial charge in [0.2, 0.25) is 10.0 Å². The number of benzene rings is 1. The Morgan fingerprint density at radius 1 is 1.25 bits per heavy atom. The van der Waals surface area contributed by atoms with E-state index in [1.54, 1.807) is 53.7 Å². The predicted molar refractivity (Wildman–Crippen MR) is 92.0 cm³/mol. The van der Waals surface area contributed by atoms with E-state index in [9.17, 15) is 13.2 Å². The number of carbonyl (C=O) groups is 1. The molecule has 24 heavy (non-hydrogen) atoms. The van der Waals surface area contributed by atoms with Crippen LogP contribution in [-0.2, 0) is 21.2 Å². The van der Waals surface area contributed by atoms with E-state index in [1.165, 1.54) is 13.1 Å². The lowest BCUT2D eigenvalue weighted by molar-refractivity contribution is -0.114. The average Bonchev–Trinajstić information content (AvgIpc) is 3.04. The van der Waals surface area contributed by atoms with Crippen molar-refractivity contribution in [2.75, 3.05) is 18.5 Å². The number of sulfonamides is 1. The van der Waals surface area contributed by atoms with Crippen LogP contribution in [0.15, 0.2) is 53.7 Å². The largest absolute Gasteiger partial charge is 0.308 e. The lowest BCUT2D eigenvalue weighted by Gasteiger charge is -2.16. The monoisotopic (exact) mass is 343 g/mol. The number of fused-ring (bicyclic) bond motifs is 1. The molecule has 2 heterocycles. The number of pyridine rings is 1. The maximum Gasteiger partial charge on any atom is 0.251 e. The molecular weight excluding hydrogens is 326 g/mol. The van der Waals surface area contributed by atoms with Crippen LogP contribution in [0, 0.1) is 0 Å². The summed E-state index contributed by atoms with van der Waals surface area (Å²) in [6.07, 6.45) is 7.23. The molecule has 0 unspecified atom stereocenters. The zero-order valence-corrected chi connectivity index (χ0v) is 14.0. The van der Waals surface area contributed by atoms with E-state index in [-0.39, 0.29) is 10.8 Å². The molecular formula is C17H17N3O3S. The van der Waals surface area contributed by atoms with E-state index in [1.807, 2.05) is 0 Å². The smallest absolute Gasteiger partial charge is 0.251 e. The van der Waals surface area contributed by atoms with Crippen LogP contribution >= 0.6 is 0 Å². The van der Waals surface area contributed by atoms with Gasteiger partial charge in [-0.2, -0.15) is 0 Å². The van der Waals surface area contributed by atoms with Crippen molar-refractivity contribution in [3.8, 4) is 0 Å². The number of rotatable bonds is 4. The molecule has 1 amide bonds. The van der Waals surface area contributed by atoms with E-state index in [2.05, 4.69) is 9.71 Å². The maximum absolute atomic E-state index is 12.5. The number of carbonyl (C=O) groups excluding carboxylic acids is 1. The summed E-state index contributed by atoms with van der Waals surface area (Å²) in [6.45, 7) is 0.540. The molecule has 0 aliphatic carbocycles. The minimum atomic E-state index is -3.54. The minimum absolute atomic E-state index is 0.154. The van der Waals surface area contributed by atoms with Crippen LogP contribution in [0.1, 0.15) is 11.1 Å². The molecule has 0 radical (unpaired) electrons. The predicted octanol–water partition coefficient (Wildman–Crippen LogP) is 1.59. The standard InChI is InChI=1S/C17H17N3O3S/c1-18-24(22,23)15-4-3-14-8-11-20(16(14)12-15)17(21)5-2-13-6-9-19-10-7-13/h2-7,9-10,12,18H,8,11H2,1H3/b5-2+. The van der Waals surface area contributed by atoms with Crippen molar-refractivity contribution in [3.05, 3.63) is 59.9 Å². The summed E-state index contributed by atoms with van der Waals surface area (Å²) in [6, 6.07) is 8.48. The molecule has 0 saturated heterocycles. The fourth-order valence-corrected chi connectivity index (χ4v) is 3.35. The molecule has 1 aromatic heterocycles. The van der Waals surface area contributed by atoms with Crippen molar-refractivity contribution in [2.45, 2.75) is 11.3 Å². The summed E-state index contributed by atoms with van der Waals surface area (Å²) in [5, 5.41) is 0. The van der Waals surface area contributed by atoms with Crippen molar-refractivity contribution in [1.82, 2.24) is 9.71 Å². The first-order chi connectivity index (χ1) is 11.5. The van der Waals surface area contributed by atoms with Crippen LogP contribution in [0.4, 0.5) is 5.69 Å². The van der Waals surface area contributed by atoms with Crippen LogP contribution < -0.4 is 9.62 Å². The van der Waals surface area contributed by atoms with E-state index < -0.39 is 10.0 Å². The van der Waals surface area contributed by atoms with Gasteiger partial charge in [0.15, 0.2) is 0 Å². The Hall–Kier alpha value is -2.51. The molecule has 1 aliphatic rings. The van der Waals surface area contributed by atoms with Crippen molar-refractivity contribution < 1.29 is 13.2 Å². The van der Waals surface area contributed by atoms with Crippen LogP contribution in [0.5, 0.6) is 0 Å². The van der Waals surface area contributed by atoms with Gasteiger partial charge in [-0.3, -0.25) is 9.78 Å². The van der Waals surface area contributed by atoms with Gasteiger partial charge in [-0.05, 0) is 54.9 Å². The molecule has 3 rings (SSSR count). The Labute approximate surface area is 140 Å². The lowest BCUT2D eigenvalue weighted by Crippen LogP contribution is -2.27. The first kappa shape index (κ1) is 16.4. The Morgan fingerprint density at radius 2 is 2.00 bits per heavy atom. The molecule has 0 atom stereocenters. The van der Waals surface area contributed by atoms with E-state index in [0.717, 1.165) is 11.1 Å². The minimum Gasteiger partial charge on any atom is -0.308 e. The summed E-state index contributed by atoms with van der Waals surface area (Å²) < 4.78 is 26.2. The van der Waals surface area contributed by atoms with Crippen molar-refractivity contribution in [1.29, 1.82) is 0 Å². The number of aromatic nitrogens is 1. The van der Waals surface area contributed by atoms with Crippen molar-refractivity contribution in [3.63, 3.8) is 0 Å². The molecule has 0 saturated carbocycles. The molecule has 0 fully saturated rings. The summed E-state index contributed by atoms with van der Waals surface area (Å²) >= 11 is 0. The zero-order valence-electron chi connectivity index (χ0n) is 13.1. The van der Waals surface area contributed by atoms with Crippen molar-refractivity contribution in [2.24, 2.45) is 0 Å². The van der Waals surface area contributed by atoms with Crippen molar-refractivity contribution >= 4 is 27.7 Å². The molecule has 6 nitrogen and oxygen atoms in total. The summed E-state index contributed by atoms with van der Waals surface area (Å²) in [4.78, 5) is 18.2. The van der Waals surface area contributed by atoms with Gasteiger partial charge < -0.3 is 4.90 Å². The third-order valence-electron chi connectivity index (χ3n) is 3.92. The zero-order chi connectivity index (χ0) is 17.2. The van der Waals surface area contributed by atoms with Crippen LogP contribution in [0.2, 0.25) is 0 Å². The van der Waals surface area contributed by atoms with E-state index >= 15 is 0 Å². The number of anilines is 1. The Kier molecular flexibility index (Phi) is 4.46. The van der Waals surface area contributed by atoms with Crippen LogP contribution in [-0.4, -0.2) is 32.9 Å². The van der Waals surface area contributed by atoms with Gasteiger partial charge in [0.1, 0.15) is 0 Å². The first-order valence-corrected chi connectivity index (χ1v) is 8.95. The molecule has 7 heteroatoms. The van der Waals surface area contributed by atoms with Gasteiger partial charge in [0.25, 0.3) is 5.91 Å². The molecule has 2 aromatic rings. The highest BCUT2D eigenvalue weighted by molar-refractivity contribution is 7.89. The SMILES string of the molecule is CNS(=O)(=O)c1ccc2c(c1)N(C(=O)/C=C/c1ccncc1)CC2. The van der Waals surface area contributed by atoms with Crippen LogP contribution in [0.25, 0.3) is 6.08 Å². The van der Waals surface area contributed by atoms with Gasteiger partial charge in [0.05, 0.1) is 4.90 Å². The first-order valence-electron chi connectivity index (χ1n) is 7.47. The summed E-state index contributed by atoms with van der Waals surface area (Å²) in [5.41, 5.74) is 2.50. The number of nitrogens with one attached hydrogen (secondary N) is 1. The van der Waals surface area contributed by atoms with Crippen LogP contribution in [0.3, 0.4) is 0 Å². The topological polar surface area (TPSA) is 79.4 Å². The van der Waals surface area contributed by atoms with E-state index in [4.69, 9.17) is 0 Å². The van der Waals surface area contributed by atoms with Gasteiger partial charge in [-0.15, -0.1) is 0 Å². The Bertz CT molecular complexity index is 893. The maximum atomic E-state index is 12.5. The summed E-state index contributed by atoms with van der Waals surface area (Å²) in [7, 11) is -2.17. The second-order valence-electron chi connectivity index (χ2n) is 5.35. The normalized spacial score (nSPS) is 14.1. The molecule has 1 aromatic carbocycles. The third kappa shape index (κ3) is 3.22. The second kappa shape index (κ2) is 6.54. The highest BCUT2D eigenvalue weighted by Gasteiger charge is 2.25. The average molecular weight is 343 g/mol. The van der Waals surface area contributed by atoms with Gasteiger partial charge in [-0.25, -0.2) is 13.1 Å². The fourth-order valence-electron chi connectivity index (χ4n) is 2.60. The molecule has 1 aliphatic heterocycles. The Morgan fingerprint density at radius 3 is 2.71 bits per heavy atom. The molecule has 124 valence electrons. The second-order valence-corrected chi connectivity index (χ2v) is 7.24. The lowest BCUT2D eigenvalue weighted by atomic mass is 10.2. The van der Waals surface area contributed by atoms with Gasteiger partial charge in [0, 0.05) is 30.7 Å². The van der Waals surface area contributed by atoms with Gasteiger partial charge >= 0.3 is 0 Å². The molecule has 1 N–H and O–H groups in total. The quantitative estimate of drug-likeness (QED) is 0.855. The number of nitrogens with zero attached hydrogens (tertiary/aromatic N) is 2. The number of amides is 1. The third-order valence-corrected chi connectivity index (χ3v) is 5.33. The fraction of sp³-hybridized carbons (Fsp3) is 0.176. The number of hydrogen-bond acceptors (Lipinski definition) is 4.